The van der Waals surface area contributed by atoms with Crippen LogP contribution in [0.25, 0.3) is 0 Å². The minimum atomic E-state index is -0.943. The summed E-state index contributed by atoms with van der Waals surface area (Å²) in [5.74, 6) is 0.851. The van der Waals surface area contributed by atoms with E-state index in [0.717, 1.165) is 63.6 Å². The molecule has 0 bridgehead atoms. The van der Waals surface area contributed by atoms with Gasteiger partial charge in [-0.25, -0.2) is 0 Å². The van der Waals surface area contributed by atoms with Gasteiger partial charge in [0.2, 0.25) is 0 Å². The van der Waals surface area contributed by atoms with Crippen LogP contribution in [0.4, 0.5) is 0 Å². The molecule has 0 unspecified atom stereocenters. The molecule has 0 radical (unpaired) electrons. The third-order valence-electron chi connectivity index (χ3n) is 5.98. The number of hydrogen-bond donors (Lipinski definition) is 1. The van der Waals surface area contributed by atoms with Crippen molar-refractivity contribution in [1.82, 2.24) is 4.90 Å². The van der Waals surface area contributed by atoms with Gasteiger partial charge in [0.1, 0.15) is 5.75 Å². The van der Waals surface area contributed by atoms with Crippen LogP contribution < -0.4 is 4.74 Å². The highest BCUT2D eigenvalue weighted by molar-refractivity contribution is 5.35. The monoisotopic (exact) mass is 397 g/mol. The standard InChI is InChI=1S/C25H35NO3/c1-3-5-17-29-23-13-11-22(12-14-23)25(27,4-2)24(21-9-7-6-8-10-21)20-26-15-18-28-19-16-26/h6-14,24,27H,3-5,15-20H2,1-2H3/t24-,25-/m0/s1. The molecule has 1 aliphatic rings. The normalized spacial score (nSPS) is 18.2. The number of morpholine rings is 1. The first-order chi connectivity index (χ1) is 14.2. The highest BCUT2D eigenvalue weighted by Crippen LogP contribution is 2.41. The zero-order valence-corrected chi connectivity index (χ0v) is 17.8. The average Bonchev–Trinajstić information content (AvgIpc) is 2.79. The van der Waals surface area contributed by atoms with E-state index < -0.39 is 5.60 Å². The van der Waals surface area contributed by atoms with Gasteiger partial charge in [-0.15, -0.1) is 0 Å². The summed E-state index contributed by atoms with van der Waals surface area (Å²) in [5, 5.41) is 11.9. The van der Waals surface area contributed by atoms with Gasteiger partial charge in [-0.3, -0.25) is 4.90 Å². The quantitative estimate of drug-likeness (QED) is 0.596. The molecule has 0 saturated carbocycles. The molecule has 1 aliphatic heterocycles. The van der Waals surface area contributed by atoms with Crippen molar-refractivity contribution in [2.24, 2.45) is 0 Å². The Morgan fingerprint density at radius 2 is 1.72 bits per heavy atom. The second-order valence-electron chi connectivity index (χ2n) is 7.88. The van der Waals surface area contributed by atoms with Crippen molar-refractivity contribution >= 4 is 0 Å². The van der Waals surface area contributed by atoms with E-state index in [-0.39, 0.29) is 5.92 Å². The molecule has 4 heteroatoms. The maximum absolute atomic E-state index is 11.9. The lowest BCUT2D eigenvalue weighted by Gasteiger charge is -2.40. The molecule has 1 N–H and O–H groups in total. The van der Waals surface area contributed by atoms with Gasteiger partial charge in [0, 0.05) is 25.6 Å². The summed E-state index contributed by atoms with van der Waals surface area (Å²) >= 11 is 0. The molecule has 4 nitrogen and oxygen atoms in total. The van der Waals surface area contributed by atoms with E-state index in [9.17, 15) is 5.11 Å². The summed E-state index contributed by atoms with van der Waals surface area (Å²) in [7, 11) is 0. The molecule has 1 fully saturated rings. The molecule has 0 aliphatic carbocycles. The molecule has 0 spiro atoms. The third-order valence-corrected chi connectivity index (χ3v) is 5.98. The molecular formula is C25H35NO3. The molecule has 1 saturated heterocycles. The van der Waals surface area contributed by atoms with Gasteiger partial charge in [0.05, 0.1) is 25.4 Å². The van der Waals surface area contributed by atoms with E-state index in [1.165, 1.54) is 5.56 Å². The molecule has 3 rings (SSSR count). The molecule has 29 heavy (non-hydrogen) atoms. The fourth-order valence-corrected chi connectivity index (χ4v) is 4.09. The first-order valence-corrected chi connectivity index (χ1v) is 11.0. The largest absolute Gasteiger partial charge is 0.494 e. The van der Waals surface area contributed by atoms with Crippen molar-refractivity contribution in [2.75, 3.05) is 39.5 Å². The minimum Gasteiger partial charge on any atom is -0.494 e. The van der Waals surface area contributed by atoms with E-state index >= 15 is 0 Å². The van der Waals surface area contributed by atoms with Gasteiger partial charge < -0.3 is 14.6 Å². The fourth-order valence-electron chi connectivity index (χ4n) is 4.09. The van der Waals surface area contributed by atoms with Crippen molar-refractivity contribution in [1.29, 1.82) is 0 Å². The van der Waals surface area contributed by atoms with Gasteiger partial charge in [-0.1, -0.05) is 62.7 Å². The Kier molecular flexibility index (Phi) is 8.10. The lowest BCUT2D eigenvalue weighted by Crippen LogP contribution is -2.44. The molecule has 2 atom stereocenters. The molecule has 158 valence electrons. The van der Waals surface area contributed by atoms with Crippen LogP contribution in [0, 0.1) is 0 Å². The summed E-state index contributed by atoms with van der Waals surface area (Å²) < 4.78 is 11.3. The van der Waals surface area contributed by atoms with Crippen LogP contribution in [0.5, 0.6) is 5.75 Å². The summed E-state index contributed by atoms with van der Waals surface area (Å²) in [4.78, 5) is 2.41. The van der Waals surface area contributed by atoms with Gasteiger partial charge in [0.15, 0.2) is 0 Å². The van der Waals surface area contributed by atoms with Crippen molar-refractivity contribution in [3.05, 3.63) is 65.7 Å². The van der Waals surface area contributed by atoms with E-state index in [1.807, 2.05) is 30.3 Å². The van der Waals surface area contributed by atoms with E-state index in [4.69, 9.17) is 9.47 Å². The molecule has 0 aromatic heterocycles. The molecule has 1 heterocycles. The van der Waals surface area contributed by atoms with Crippen molar-refractivity contribution in [3.63, 3.8) is 0 Å². The van der Waals surface area contributed by atoms with E-state index in [0.29, 0.717) is 6.42 Å². The number of ether oxygens (including phenoxy) is 2. The highest BCUT2D eigenvalue weighted by Gasteiger charge is 2.39. The van der Waals surface area contributed by atoms with Gasteiger partial charge in [0.25, 0.3) is 0 Å². The van der Waals surface area contributed by atoms with Crippen LogP contribution in [0.15, 0.2) is 54.6 Å². The summed E-state index contributed by atoms with van der Waals surface area (Å²) in [6.07, 6.45) is 2.82. The van der Waals surface area contributed by atoms with Gasteiger partial charge in [-0.05, 0) is 36.1 Å². The van der Waals surface area contributed by atoms with Gasteiger partial charge in [-0.2, -0.15) is 0 Å². The van der Waals surface area contributed by atoms with Crippen LogP contribution in [-0.2, 0) is 10.3 Å². The van der Waals surface area contributed by atoms with Crippen molar-refractivity contribution in [3.8, 4) is 5.75 Å². The Hall–Kier alpha value is -1.88. The Morgan fingerprint density at radius 3 is 2.34 bits per heavy atom. The van der Waals surface area contributed by atoms with Gasteiger partial charge >= 0.3 is 0 Å². The SMILES string of the molecule is CCCCOc1ccc([C@@](O)(CC)[C@@H](CN2CCOCC2)c2ccccc2)cc1. The van der Waals surface area contributed by atoms with Crippen LogP contribution >= 0.6 is 0 Å². The summed E-state index contributed by atoms with van der Waals surface area (Å²) in [5.41, 5.74) is 1.18. The maximum atomic E-state index is 11.9. The predicted molar refractivity (Wildman–Crippen MR) is 117 cm³/mol. The molecular weight excluding hydrogens is 362 g/mol. The Morgan fingerprint density at radius 1 is 1.03 bits per heavy atom. The fraction of sp³-hybridized carbons (Fsp3) is 0.520. The minimum absolute atomic E-state index is 0.0151. The number of benzene rings is 2. The van der Waals surface area contributed by atoms with Crippen LogP contribution in [-0.4, -0.2) is 49.5 Å². The topological polar surface area (TPSA) is 41.9 Å². The third kappa shape index (κ3) is 5.59. The predicted octanol–water partition coefficient (Wildman–Crippen LogP) is 4.58. The number of nitrogens with zero attached hydrogens (tertiary/aromatic N) is 1. The zero-order valence-electron chi connectivity index (χ0n) is 17.8. The van der Waals surface area contributed by atoms with E-state index in [1.54, 1.807) is 0 Å². The second kappa shape index (κ2) is 10.8. The Balaban J connectivity index is 1.86. The van der Waals surface area contributed by atoms with Crippen LogP contribution in [0.2, 0.25) is 0 Å². The van der Waals surface area contributed by atoms with E-state index in [2.05, 4.69) is 43.0 Å². The van der Waals surface area contributed by atoms with Crippen molar-refractivity contribution in [2.45, 2.75) is 44.6 Å². The average molecular weight is 398 g/mol. The number of rotatable bonds is 10. The van der Waals surface area contributed by atoms with Crippen LogP contribution in [0.1, 0.15) is 50.2 Å². The van der Waals surface area contributed by atoms with Crippen LogP contribution in [0.3, 0.4) is 0 Å². The Labute approximate surface area is 175 Å². The summed E-state index contributed by atoms with van der Waals surface area (Å²) in [6.45, 7) is 9.11. The molecule has 2 aromatic rings. The number of aliphatic hydroxyl groups is 1. The highest BCUT2D eigenvalue weighted by atomic mass is 16.5. The lowest BCUT2D eigenvalue weighted by molar-refractivity contribution is -0.0250. The number of hydrogen-bond acceptors (Lipinski definition) is 4. The first-order valence-electron chi connectivity index (χ1n) is 11.0. The lowest BCUT2D eigenvalue weighted by atomic mass is 9.75. The zero-order chi connectivity index (χ0) is 20.5. The Bertz CT molecular complexity index is 713. The summed E-state index contributed by atoms with van der Waals surface area (Å²) in [6, 6.07) is 18.4. The van der Waals surface area contributed by atoms with Crippen molar-refractivity contribution < 1.29 is 14.6 Å². The molecule has 2 aromatic carbocycles. The smallest absolute Gasteiger partial charge is 0.119 e. The second-order valence-corrected chi connectivity index (χ2v) is 7.88. The molecule has 0 amide bonds. The number of unbranched alkanes of at least 4 members (excludes halogenated alkanes) is 1. The first kappa shape index (κ1) is 21.8. The maximum Gasteiger partial charge on any atom is 0.119 e.